The largest absolute Gasteiger partial charge is 0.493 e. The number of hydrogen-bond donors (Lipinski definition) is 1. The minimum Gasteiger partial charge on any atom is -0.493 e. The molecule has 0 bridgehead atoms. The number of nitrogens with one attached hydrogen (secondary N) is 1. The molecule has 1 saturated heterocycles. The van der Waals surface area contributed by atoms with E-state index in [-0.39, 0.29) is 17.9 Å². The summed E-state index contributed by atoms with van der Waals surface area (Å²) in [6.45, 7) is 4.18. The van der Waals surface area contributed by atoms with E-state index in [1.807, 2.05) is 36.4 Å². The number of ether oxygens (including phenoxy) is 2. The minimum atomic E-state index is -0.175. The summed E-state index contributed by atoms with van der Waals surface area (Å²) in [6, 6.07) is 23.9. The maximum absolute atomic E-state index is 13.4. The Kier molecular flexibility index (Phi) is 8.22. The van der Waals surface area contributed by atoms with Gasteiger partial charge in [0, 0.05) is 11.5 Å². The molecule has 1 fully saturated rings. The molecule has 5 rings (SSSR count). The van der Waals surface area contributed by atoms with Crippen molar-refractivity contribution in [2.45, 2.75) is 32.4 Å². The topological polar surface area (TPSA) is 89.7 Å². The van der Waals surface area contributed by atoms with Gasteiger partial charge >= 0.3 is 0 Å². The Bertz CT molecular complexity index is 1380. The third-order valence-corrected chi connectivity index (χ3v) is 7.26. The number of aromatic nitrogens is 2. The van der Waals surface area contributed by atoms with Gasteiger partial charge in [-0.15, -0.1) is 0 Å². The Morgan fingerprint density at radius 3 is 2.36 bits per heavy atom. The fourth-order valence-electron chi connectivity index (χ4n) is 4.98. The van der Waals surface area contributed by atoms with E-state index in [0.29, 0.717) is 29.8 Å². The molecule has 202 valence electrons. The van der Waals surface area contributed by atoms with Gasteiger partial charge < -0.3 is 19.3 Å². The maximum atomic E-state index is 13.4. The summed E-state index contributed by atoms with van der Waals surface area (Å²) in [4.78, 5) is 20.2. The first kappa shape index (κ1) is 26.4. The van der Waals surface area contributed by atoms with Crippen LogP contribution in [0.5, 0.6) is 11.5 Å². The van der Waals surface area contributed by atoms with Crippen LogP contribution in [-0.4, -0.2) is 48.3 Å². The van der Waals surface area contributed by atoms with Crippen LogP contribution in [0.2, 0.25) is 0 Å². The number of piperidine rings is 1. The summed E-state index contributed by atoms with van der Waals surface area (Å²) in [5.41, 5.74) is 4.15. The van der Waals surface area contributed by atoms with E-state index < -0.39 is 0 Å². The molecule has 1 aliphatic heterocycles. The fourth-order valence-corrected chi connectivity index (χ4v) is 4.98. The number of nitrogens with zero attached hydrogens (tertiary/aromatic N) is 3. The van der Waals surface area contributed by atoms with Crippen molar-refractivity contribution < 1.29 is 18.8 Å². The van der Waals surface area contributed by atoms with Gasteiger partial charge in [-0.3, -0.25) is 9.69 Å². The van der Waals surface area contributed by atoms with E-state index >= 15 is 0 Å². The molecular weight excluding hydrogens is 492 g/mol. The first-order valence-electron chi connectivity index (χ1n) is 13.2. The zero-order valence-electron chi connectivity index (χ0n) is 22.6. The molecule has 1 amide bonds. The molecule has 8 heteroatoms. The van der Waals surface area contributed by atoms with Crippen LogP contribution in [0.25, 0.3) is 11.4 Å². The smallest absolute Gasteiger partial charge is 0.241 e. The quantitative estimate of drug-likeness (QED) is 0.321. The minimum absolute atomic E-state index is 0.0390. The first-order chi connectivity index (χ1) is 19.0. The zero-order chi connectivity index (χ0) is 27.2. The van der Waals surface area contributed by atoms with E-state index in [1.165, 1.54) is 5.56 Å². The van der Waals surface area contributed by atoms with Crippen LogP contribution in [0.1, 0.15) is 41.5 Å². The van der Waals surface area contributed by atoms with Crippen molar-refractivity contribution in [2.24, 2.45) is 5.92 Å². The molecule has 39 heavy (non-hydrogen) atoms. The summed E-state index contributed by atoms with van der Waals surface area (Å²) in [5.74, 6) is 2.36. The van der Waals surface area contributed by atoms with Gasteiger partial charge in [-0.2, -0.15) is 4.98 Å². The number of amides is 1. The second-order valence-electron chi connectivity index (χ2n) is 9.89. The Hall–Kier alpha value is -4.17. The van der Waals surface area contributed by atoms with Crippen LogP contribution >= 0.6 is 0 Å². The van der Waals surface area contributed by atoms with Gasteiger partial charge in [-0.1, -0.05) is 65.3 Å². The maximum Gasteiger partial charge on any atom is 0.241 e. The molecule has 0 saturated carbocycles. The van der Waals surface area contributed by atoms with E-state index in [0.717, 1.165) is 42.6 Å². The lowest BCUT2D eigenvalue weighted by Crippen LogP contribution is -2.41. The van der Waals surface area contributed by atoms with Gasteiger partial charge in [0.05, 0.1) is 26.8 Å². The number of hydrogen-bond acceptors (Lipinski definition) is 7. The number of methoxy groups -OCH3 is 2. The Balaban J connectivity index is 1.18. The molecule has 0 spiro atoms. The molecule has 2 heterocycles. The number of carbonyl (C=O) groups is 1. The monoisotopic (exact) mass is 526 g/mol. The number of carbonyl (C=O) groups excluding carboxylic acids is 1. The lowest BCUT2D eigenvalue weighted by Gasteiger charge is -2.31. The Morgan fingerprint density at radius 1 is 0.974 bits per heavy atom. The van der Waals surface area contributed by atoms with Crippen LogP contribution < -0.4 is 14.8 Å². The van der Waals surface area contributed by atoms with Crippen LogP contribution in [0.15, 0.2) is 77.3 Å². The highest BCUT2D eigenvalue weighted by Crippen LogP contribution is 2.31. The average molecular weight is 527 g/mol. The third-order valence-electron chi connectivity index (χ3n) is 7.26. The molecule has 4 aromatic rings. The van der Waals surface area contributed by atoms with Crippen molar-refractivity contribution in [2.75, 3.05) is 27.3 Å². The number of aryl methyl sites for hydroxylation is 1. The Morgan fingerprint density at radius 2 is 1.67 bits per heavy atom. The van der Waals surface area contributed by atoms with Crippen molar-refractivity contribution in [3.8, 4) is 22.9 Å². The normalized spacial score (nSPS) is 15.1. The summed E-state index contributed by atoms with van der Waals surface area (Å²) >= 11 is 0. The lowest BCUT2D eigenvalue weighted by molar-refractivity contribution is -0.127. The molecule has 0 aliphatic carbocycles. The van der Waals surface area contributed by atoms with Gasteiger partial charge in [-0.25, -0.2) is 0 Å². The van der Waals surface area contributed by atoms with E-state index in [1.54, 1.807) is 14.2 Å². The van der Waals surface area contributed by atoms with Crippen LogP contribution in [0.4, 0.5) is 0 Å². The van der Waals surface area contributed by atoms with Gasteiger partial charge in [0.15, 0.2) is 11.5 Å². The highest BCUT2D eigenvalue weighted by atomic mass is 16.5. The molecule has 3 aromatic carbocycles. The zero-order valence-corrected chi connectivity index (χ0v) is 22.6. The Labute approximate surface area is 228 Å². The molecular formula is C31H34N4O4. The number of rotatable bonds is 9. The third kappa shape index (κ3) is 6.29. The SMILES string of the molecule is COc1ccc(-c2noc(CN3CCC(C(=O)NC(c4ccccc4)c4ccc(C)cc4)CC3)n2)cc1OC. The molecule has 1 atom stereocenters. The van der Waals surface area contributed by atoms with Crippen molar-refractivity contribution in [1.82, 2.24) is 20.4 Å². The van der Waals surface area contributed by atoms with Crippen molar-refractivity contribution in [1.29, 1.82) is 0 Å². The van der Waals surface area contributed by atoms with Crippen LogP contribution in [0, 0.1) is 12.8 Å². The van der Waals surface area contributed by atoms with Gasteiger partial charge in [0.2, 0.25) is 17.6 Å². The standard InChI is InChI=1S/C31H34N4O4/c1-21-9-11-23(12-10-21)29(22-7-5-4-6-8-22)33-31(36)24-15-17-35(18-16-24)20-28-32-30(34-39-28)25-13-14-26(37-2)27(19-25)38-3/h4-14,19,24,29H,15-18,20H2,1-3H3,(H,33,36). The molecule has 1 aromatic heterocycles. The molecule has 8 nitrogen and oxygen atoms in total. The molecule has 1 unspecified atom stereocenters. The van der Waals surface area contributed by atoms with Gasteiger partial charge in [-0.05, 0) is 62.2 Å². The van der Waals surface area contributed by atoms with Crippen LogP contribution in [0.3, 0.4) is 0 Å². The van der Waals surface area contributed by atoms with Crippen LogP contribution in [-0.2, 0) is 11.3 Å². The second-order valence-corrected chi connectivity index (χ2v) is 9.89. The van der Waals surface area contributed by atoms with Gasteiger partial charge in [0.1, 0.15) is 0 Å². The molecule has 1 N–H and O–H groups in total. The van der Waals surface area contributed by atoms with Gasteiger partial charge in [0.25, 0.3) is 0 Å². The van der Waals surface area contributed by atoms with Crippen molar-refractivity contribution in [3.63, 3.8) is 0 Å². The van der Waals surface area contributed by atoms with E-state index in [4.69, 9.17) is 14.0 Å². The predicted molar refractivity (Wildman–Crippen MR) is 148 cm³/mol. The first-order valence-corrected chi connectivity index (χ1v) is 13.2. The molecule has 0 radical (unpaired) electrons. The summed E-state index contributed by atoms with van der Waals surface area (Å²) in [6.07, 6.45) is 1.55. The lowest BCUT2D eigenvalue weighted by atomic mass is 9.93. The number of likely N-dealkylation sites (tertiary alicyclic amines) is 1. The van der Waals surface area contributed by atoms with E-state index in [9.17, 15) is 4.79 Å². The highest BCUT2D eigenvalue weighted by molar-refractivity contribution is 5.79. The fraction of sp³-hybridized carbons (Fsp3) is 0.323. The number of benzene rings is 3. The van der Waals surface area contributed by atoms with E-state index in [2.05, 4.69) is 63.7 Å². The van der Waals surface area contributed by atoms with Crippen molar-refractivity contribution >= 4 is 5.91 Å². The summed E-state index contributed by atoms with van der Waals surface area (Å²) in [5, 5.41) is 7.47. The summed E-state index contributed by atoms with van der Waals surface area (Å²) < 4.78 is 16.2. The highest BCUT2D eigenvalue weighted by Gasteiger charge is 2.28. The van der Waals surface area contributed by atoms with Crippen molar-refractivity contribution in [3.05, 3.63) is 95.4 Å². The average Bonchev–Trinajstić information content (AvgIpc) is 3.45. The second kappa shape index (κ2) is 12.1. The predicted octanol–water partition coefficient (Wildman–Crippen LogP) is 5.18. The summed E-state index contributed by atoms with van der Waals surface area (Å²) in [7, 11) is 3.19. The molecule has 1 aliphatic rings.